The van der Waals surface area contributed by atoms with Gasteiger partial charge < -0.3 is 5.32 Å². The second kappa shape index (κ2) is 3.89. The summed E-state index contributed by atoms with van der Waals surface area (Å²) in [7, 11) is 0. The molecule has 0 unspecified atom stereocenters. The first-order valence-electron chi connectivity index (χ1n) is 4.53. The minimum Gasteiger partial charge on any atom is -0.349 e. The predicted octanol–water partition coefficient (Wildman–Crippen LogP) is 2.62. The maximum absolute atomic E-state index is 13.1. The standard InChI is InChI=1S/C10H8BrF2NO/c11-9-7(12)3-5(4-8(9)13)10(15)14-6-1-2-6/h3-4,6H,1-2H2,(H,14,15). The molecule has 1 N–H and O–H groups in total. The van der Waals surface area contributed by atoms with Crippen molar-refractivity contribution in [1.82, 2.24) is 5.32 Å². The van der Waals surface area contributed by atoms with Gasteiger partial charge in [-0.05, 0) is 40.9 Å². The average molecular weight is 276 g/mol. The van der Waals surface area contributed by atoms with Gasteiger partial charge in [-0.15, -0.1) is 0 Å². The molecule has 1 aromatic rings. The maximum atomic E-state index is 13.1. The molecule has 1 fully saturated rings. The van der Waals surface area contributed by atoms with Crippen molar-refractivity contribution in [2.75, 3.05) is 0 Å². The summed E-state index contributed by atoms with van der Waals surface area (Å²) in [6, 6.07) is 2.21. The summed E-state index contributed by atoms with van der Waals surface area (Å²) in [5, 5.41) is 2.66. The summed E-state index contributed by atoms with van der Waals surface area (Å²) in [5.41, 5.74) is 0.0140. The Labute approximate surface area is 93.8 Å². The minimum absolute atomic E-state index is 0.0140. The molecule has 0 radical (unpaired) electrons. The van der Waals surface area contributed by atoms with Crippen LogP contribution in [0.3, 0.4) is 0 Å². The van der Waals surface area contributed by atoms with Crippen LogP contribution in [-0.4, -0.2) is 11.9 Å². The molecule has 1 amide bonds. The lowest BCUT2D eigenvalue weighted by Crippen LogP contribution is -2.25. The van der Waals surface area contributed by atoms with Crippen LogP contribution in [0.1, 0.15) is 23.2 Å². The summed E-state index contributed by atoms with van der Waals surface area (Å²) in [4.78, 5) is 11.5. The van der Waals surface area contributed by atoms with Crippen LogP contribution >= 0.6 is 15.9 Å². The molecule has 1 aliphatic carbocycles. The van der Waals surface area contributed by atoms with Crippen LogP contribution in [0.15, 0.2) is 16.6 Å². The molecule has 0 aliphatic heterocycles. The van der Waals surface area contributed by atoms with E-state index in [1.807, 2.05) is 0 Å². The molecule has 15 heavy (non-hydrogen) atoms. The Morgan fingerprint density at radius 3 is 2.33 bits per heavy atom. The van der Waals surface area contributed by atoms with Gasteiger partial charge in [-0.1, -0.05) is 0 Å². The van der Waals surface area contributed by atoms with Gasteiger partial charge in [0, 0.05) is 11.6 Å². The summed E-state index contributed by atoms with van der Waals surface area (Å²) >= 11 is 2.74. The zero-order valence-electron chi connectivity index (χ0n) is 7.69. The Hall–Kier alpha value is -0.970. The van der Waals surface area contributed by atoms with Crippen molar-refractivity contribution in [1.29, 1.82) is 0 Å². The van der Waals surface area contributed by atoms with Crippen LogP contribution in [0.4, 0.5) is 8.78 Å². The smallest absolute Gasteiger partial charge is 0.251 e. The van der Waals surface area contributed by atoms with Gasteiger partial charge in [0.1, 0.15) is 11.6 Å². The number of amides is 1. The van der Waals surface area contributed by atoms with Gasteiger partial charge in [-0.2, -0.15) is 0 Å². The van der Waals surface area contributed by atoms with E-state index in [2.05, 4.69) is 21.2 Å². The largest absolute Gasteiger partial charge is 0.349 e. The second-order valence-electron chi connectivity index (χ2n) is 3.50. The maximum Gasteiger partial charge on any atom is 0.251 e. The Bertz CT molecular complexity index is 395. The van der Waals surface area contributed by atoms with Gasteiger partial charge in [0.25, 0.3) is 5.91 Å². The third-order valence-electron chi connectivity index (χ3n) is 2.16. The Morgan fingerprint density at radius 2 is 1.87 bits per heavy atom. The van der Waals surface area contributed by atoms with Crippen molar-refractivity contribution in [2.45, 2.75) is 18.9 Å². The molecule has 0 bridgehead atoms. The van der Waals surface area contributed by atoms with Crippen molar-refractivity contribution >= 4 is 21.8 Å². The molecule has 0 atom stereocenters. The number of hydrogen-bond donors (Lipinski definition) is 1. The van der Waals surface area contributed by atoms with E-state index in [9.17, 15) is 13.6 Å². The zero-order valence-corrected chi connectivity index (χ0v) is 9.27. The predicted molar refractivity (Wildman–Crippen MR) is 54.5 cm³/mol. The highest BCUT2D eigenvalue weighted by atomic mass is 79.9. The van der Waals surface area contributed by atoms with Crippen molar-refractivity contribution in [3.63, 3.8) is 0 Å². The molecule has 1 aromatic carbocycles. The number of rotatable bonds is 2. The van der Waals surface area contributed by atoms with E-state index >= 15 is 0 Å². The van der Waals surface area contributed by atoms with E-state index in [1.54, 1.807) is 0 Å². The molecule has 0 saturated heterocycles. The van der Waals surface area contributed by atoms with Gasteiger partial charge in [0.15, 0.2) is 0 Å². The van der Waals surface area contributed by atoms with Crippen molar-refractivity contribution in [3.05, 3.63) is 33.8 Å². The molecular weight excluding hydrogens is 268 g/mol. The van der Waals surface area contributed by atoms with E-state index in [0.717, 1.165) is 25.0 Å². The molecule has 5 heteroatoms. The molecule has 2 nitrogen and oxygen atoms in total. The van der Waals surface area contributed by atoms with Gasteiger partial charge in [0.05, 0.1) is 4.47 Å². The lowest BCUT2D eigenvalue weighted by atomic mass is 10.2. The quantitative estimate of drug-likeness (QED) is 0.826. The van der Waals surface area contributed by atoms with Crippen LogP contribution in [0.5, 0.6) is 0 Å². The number of nitrogens with one attached hydrogen (secondary N) is 1. The molecule has 0 spiro atoms. The first-order chi connectivity index (χ1) is 7.08. The molecule has 0 aromatic heterocycles. The number of carbonyl (C=O) groups excluding carboxylic acids is 1. The van der Waals surface area contributed by atoms with Crippen molar-refractivity contribution in [2.24, 2.45) is 0 Å². The van der Waals surface area contributed by atoms with Crippen molar-refractivity contribution < 1.29 is 13.6 Å². The SMILES string of the molecule is O=C(NC1CC1)c1cc(F)c(Br)c(F)c1. The normalized spacial score (nSPS) is 15.1. The van der Waals surface area contributed by atoms with Crippen molar-refractivity contribution in [3.8, 4) is 0 Å². The Morgan fingerprint density at radius 1 is 1.33 bits per heavy atom. The number of halogens is 3. The fourth-order valence-corrected chi connectivity index (χ4v) is 1.41. The van der Waals surface area contributed by atoms with Crippen LogP contribution in [0, 0.1) is 11.6 Å². The Kier molecular flexibility index (Phi) is 2.73. The van der Waals surface area contributed by atoms with Gasteiger partial charge in [-0.25, -0.2) is 8.78 Å². The fraction of sp³-hybridized carbons (Fsp3) is 0.300. The summed E-state index contributed by atoms with van der Waals surface area (Å²) in [5.74, 6) is -1.96. The highest BCUT2D eigenvalue weighted by Gasteiger charge is 2.24. The first kappa shape index (κ1) is 10.5. The highest BCUT2D eigenvalue weighted by molar-refractivity contribution is 9.10. The summed E-state index contributed by atoms with van der Waals surface area (Å²) in [6.45, 7) is 0. The third-order valence-corrected chi connectivity index (χ3v) is 2.92. The topological polar surface area (TPSA) is 29.1 Å². The van der Waals surface area contributed by atoms with Crippen LogP contribution in [0.2, 0.25) is 0 Å². The van der Waals surface area contributed by atoms with Gasteiger partial charge in [-0.3, -0.25) is 4.79 Å². The van der Waals surface area contributed by atoms with E-state index in [-0.39, 0.29) is 16.1 Å². The van der Waals surface area contributed by atoms with Gasteiger partial charge in [0.2, 0.25) is 0 Å². The second-order valence-corrected chi connectivity index (χ2v) is 4.29. The fourth-order valence-electron chi connectivity index (χ4n) is 1.18. The summed E-state index contributed by atoms with van der Waals surface area (Å²) in [6.07, 6.45) is 1.88. The van der Waals surface area contributed by atoms with Crippen LogP contribution in [-0.2, 0) is 0 Å². The van der Waals surface area contributed by atoms with Crippen LogP contribution in [0.25, 0.3) is 0 Å². The molecule has 1 aliphatic rings. The Balaban J connectivity index is 2.23. The average Bonchev–Trinajstić information content (AvgIpc) is 2.97. The first-order valence-corrected chi connectivity index (χ1v) is 5.32. The van der Waals surface area contributed by atoms with E-state index in [1.165, 1.54) is 0 Å². The monoisotopic (exact) mass is 275 g/mol. The zero-order chi connectivity index (χ0) is 11.0. The minimum atomic E-state index is -0.768. The van der Waals surface area contributed by atoms with Crippen LogP contribution < -0.4 is 5.32 Å². The van der Waals surface area contributed by atoms with E-state index in [4.69, 9.17) is 0 Å². The molecule has 2 rings (SSSR count). The molecular formula is C10H8BrF2NO. The lowest BCUT2D eigenvalue weighted by molar-refractivity contribution is 0.0950. The number of carbonyl (C=O) groups is 1. The lowest BCUT2D eigenvalue weighted by Gasteiger charge is -2.04. The summed E-state index contributed by atoms with van der Waals surface area (Å²) < 4.78 is 25.9. The third kappa shape index (κ3) is 2.34. The number of hydrogen-bond acceptors (Lipinski definition) is 1. The highest BCUT2D eigenvalue weighted by Crippen LogP contribution is 2.23. The van der Waals surface area contributed by atoms with E-state index in [0.29, 0.717) is 0 Å². The molecule has 0 heterocycles. The van der Waals surface area contributed by atoms with Gasteiger partial charge >= 0.3 is 0 Å². The number of benzene rings is 1. The molecule has 1 saturated carbocycles. The van der Waals surface area contributed by atoms with E-state index < -0.39 is 17.5 Å². The molecule has 80 valence electrons.